The van der Waals surface area contributed by atoms with Crippen molar-refractivity contribution >= 4 is 40.1 Å². The molecule has 0 amide bonds. The Morgan fingerprint density at radius 1 is 1.24 bits per heavy atom. The lowest BCUT2D eigenvalue weighted by Crippen LogP contribution is -2.55. The predicted molar refractivity (Wildman–Crippen MR) is 117 cm³/mol. The molecule has 1 aromatic carbocycles. The Morgan fingerprint density at radius 3 is 2.62 bits per heavy atom. The van der Waals surface area contributed by atoms with Gasteiger partial charge in [-0.25, -0.2) is 9.97 Å². The fourth-order valence-electron chi connectivity index (χ4n) is 3.19. The summed E-state index contributed by atoms with van der Waals surface area (Å²) >= 11 is 7.60. The number of nitrogens with zero attached hydrogens (tertiary/aromatic N) is 4. The number of ether oxygens (including phenoxy) is 1. The summed E-state index contributed by atoms with van der Waals surface area (Å²) in [4.78, 5) is 10.4. The average molecular weight is 437 g/mol. The van der Waals surface area contributed by atoms with Crippen LogP contribution in [-0.4, -0.2) is 62.6 Å². The van der Waals surface area contributed by atoms with Gasteiger partial charge in [0.15, 0.2) is 0 Å². The van der Waals surface area contributed by atoms with E-state index in [2.05, 4.69) is 9.97 Å². The Kier molecular flexibility index (Phi) is 7.37. The van der Waals surface area contributed by atoms with E-state index in [0.29, 0.717) is 24.6 Å². The quantitative estimate of drug-likeness (QED) is 0.473. The molecule has 0 spiro atoms. The summed E-state index contributed by atoms with van der Waals surface area (Å²) in [6.45, 7) is 0.384. The average Bonchev–Trinajstić information content (AvgIpc) is 3.10. The molecular weight excluding hydrogens is 412 g/mol. The third kappa shape index (κ3) is 4.67. The van der Waals surface area contributed by atoms with E-state index in [1.54, 1.807) is 18.0 Å². The minimum Gasteiger partial charge on any atom is -0.394 e. The zero-order chi connectivity index (χ0) is 20.9. The molecule has 2 N–H and O–H groups in total. The van der Waals surface area contributed by atoms with Crippen molar-refractivity contribution in [1.82, 2.24) is 14.5 Å². The van der Waals surface area contributed by atoms with Gasteiger partial charge in [-0.05, 0) is 23.4 Å². The first-order chi connectivity index (χ1) is 14.0. The van der Waals surface area contributed by atoms with E-state index >= 15 is 0 Å². The van der Waals surface area contributed by atoms with Crippen molar-refractivity contribution in [2.24, 2.45) is 0 Å². The molecule has 0 fully saturated rings. The monoisotopic (exact) mass is 436 g/mol. The van der Waals surface area contributed by atoms with Crippen LogP contribution >= 0.6 is 23.4 Å². The van der Waals surface area contributed by atoms with Crippen molar-refractivity contribution in [3.05, 3.63) is 53.6 Å². The number of hydrogen-bond acceptors (Lipinski definition) is 7. The molecule has 0 saturated carbocycles. The number of anilines is 1. The van der Waals surface area contributed by atoms with Crippen LogP contribution < -0.4 is 4.90 Å². The van der Waals surface area contributed by atoms with Gasteiger partial charge in [0.1, 0.15) is 12.2 Å². The van der Waals surface area contributed by atoms with Crippen molar-refractivity contribution in [2.45, 2.75) is 18.9 Å². The molecule has 29 heavy (non-hydrogen) atoms. The second kappa shape index (κ2) is 9.77. The molecule has 156 valence electrons. The van der Waals surface area contributed by atoms with Crippen molar-refractivity contribution in [3.8, 4) is 0 Å². The standard InChI is InChI=1S/C20H25ClN4O3S/c1-24(20(11-26,12-27)13-29-2)17-9-25(16-8-22-19(21)23-18(16)17)14-28-10-15-6-4-3-5-7-15/h3-9,26-27H,10-14H2,1-2H3. The lowest BCUT2D eigenvalue weighted by atomic mass is 10.0. The highest BCUT2D eigenvalue weighted by molar-refractivity contribution is 7.98. The molecular formula is C20H25ClN4O3S. The molecule has 3 aromatic rings. The van der Waals surface area contributed by atoms with Gasteiger partial charge in [-0.15, -0.1) is 0 Å². The summed E-state index contributed by atoms with van der Waals surface area (Å²) in [6.07, 6.45) is 5.48. The van der Waals surface area contributed by atoms with Crippen molar-refractivity contribution in [2.75, 3.05) is 37.2 Å². The van der Waals surface area contributed by atoms with Crippen LogP contribution in [0.3, 0.4) is 0 Å². The molecule has 0 aliphatic rings. The molecule has 2 heterocycles. The Balaban J connectivity index is 1.92. The molecule has 9 heteroatoms. The van der Waals surface area contributed by atoms with Crippen molar-refractivity contribution in [3.63, 3.8) is 0 Å². The predicted octanol–water partition coefficient (Wildman–Crippen LogP) is 2.78. The van der Waals surface area contributed by atoms with Crippen LogP contribution in [0.2, 0.25) is 5.28 Å². The molecule has 0 atom stereocenters. The summed E-state index contributed by atoms with van der Waals surface area (Å²) in [7, 11) is 1.84. The Hall–Kier alpha value is -1.84. The van der Waals surface area contributed by atoms with Crippen LogP contribution in [0, 0.1) is 0 Å². The van der Waals surface area contributed by atoms with Crippen LogP contribution in [-0.2, 0) is 18.1 Å². The Labute approximate surface area is 179 Å². The fraction of sp³-hybridized carbons (Fsp3) is 0.400. The van der Waals surface area contributed by atoms with Gasteiger partial charge in [0.05, 0.1) is 42.8 Å². The van der Waals surface area contributed by atoms with E-state index in [4.69, 9.17) is 16.3 Å². The highest BCUT2D eigenvalue weighted by Gasteiger charge is 2.35. The van der Waals surface area contributed by atoms with E-state index in [1.807, 2.05) is 59.3 Å². The van der Waals surface area contributed by atoms with E-state index in [0.717, 1.165) is 16.8 Å². The third-order valence-electron chi connectivity index (χ3n) is 4.99. The van der Waals surface area contributed by atoms with Gasteiger partial charge in [0.2, 0.25) is 5.28 Å². The van der Waals surface area contributed by atoms with E-state index in [1.165, 1.54) is 0 Å². The molecule has 3 rings (SSSR count). The number of fused-ring (bicyclic) bond motifs is 1. The molecule has 2 aromatic heterocycles. The maximum Gasteiger partial charge on any atom is 0.223 e. The second-order valence-corrected chi connectivity index (χ2v) is 8.06. The minimum absolute atomic E-state index is 0.138. The number of aromatic nitrogens is 3. The summed E-state index contributed by atoms with van der Waals surface area (Å²) in [5.74, 6) is 0.548. The summed E-state index contributed by atoms with van der Waals surface area (Å²) in [5, 5.41) is 20.2. The first-order valence-corrected chi connectivity index (χ1v) is 10.9. The number of rotatable bonds is 10. The van der Waals surface area contributed by atoms with Crippen LogP contribution in [0.1, 0.15) is 5.56 Å². The minimum atomic E-state index is -0.832. The zero-order valence-electron chi connectivity index (χ0n) is 16.5. The van der Waals surface area contributed by atoms with Crippen LogP contribution in [0.4, 0.5) is 5.69 Å². The van der Waals surface area contributed by atoms with Gasteiger partial charge in [0.25, 0.3) is 0 Å². The number of aliphatic hydroxyl groups excluding tert-OH is 2. The lowest BCUT2D eigenvalue weighted by Gasteiger charge is -2.39. The number of hydrogen-bond donors (Lipinski definition) is 2. The van der Waals surface area contributed by atoms with Crippen LogP contribution in [0.5, 0.6) is 0 Å². The maximum absolute atomic E-state index is 10.0. The van der Waals surface area contributed by atoms with Crippen molar-refractivity contribution in [1.29, 1.82) is 0 Å². The summed E-state index contributed by atoms with van der Waals surface area (Å²) in [5.41, 5.74) is 2.40. The number of thioether (sulfide) groups is 1. The Bertz CT molecular complexity index is 934. The largest absolute Gasteiger partial charge is 0.394 e. The zero-order valence-corrected chi connectivity index (χ0v) is 18.0. The molecule has 0 saturated heterocycles. The number of halogens is 1. The SMILES string of the molecule is CSCC(CO)(CO)N(C)c1cn(COCc2ccccc2)c2cnc(Cl)nc12. The molecule has 0 radical (unpaired) electrons. The highest BCUT2D eigenvalue weighted by atomic mass is 35.5. The summed E-state index contributed by atoms with van der Waals surface area (Å²) < 4.78 is 7.78. The maximum atomic E-state index is 10.0. The first-order valence-electron chi connectivity index (χ1n) is 9.12. The smallest absolute Gasteiger partial charge is 0.223 e. The second-order valence-electron chi connectivity index (χ2n) is 6.85. The molecule has 0 bridgehead atoms. The highest BCUT2D eigenvalue weighted by Crippen LogP contribution is 2.33. The van der Waals surface area contributed by atoms with E-state index in [9.17, 15) is 10.2 Å². The molecule has 0 unspecified atom stereocenters. The van der Waals surface area contributed by atoms with Gasteiger partial charge >= 0.3 is 0 Å². The van der Waals surface area contributed by atoms with Crippen LogP contribution in [0.15, 0.2) is 42.7 Å². The lowest BCUT2D eigenvalue weighted by molar-refractivity contribution is 0.0667. The van der Waals surface area contributed by atoms with Gasteiger partial charge in [-0.1, -0.05) is 30.3 Å². The fourth-order valence-corrected chi connectivity index (χ4v) is 4.24. The van der Waals surface area contributed by atoms with Gasteiger partial charge in [-0.2, -0.15) is 11.8 Å². The number of aliphatic hydroxyl groups is 2. The molecule has 0 aliphatic heterocycles. The molecule has 0 aliphatic carbocycles. The Morgan fingerprint density at radius 2 is 1.97 bits per heavy atom. The van der Waals surface area contributed by atoms with Gasteiger partial charge in [0, 0.05) is 19.0 Å². The van der Waals surface area contributed by atoms with Crippen LogP contribution in [0.25, 0.3) is 11.0 Å². The number of benzene rings is 1. The normalized spacial score (nSPS) is 11.9. The molecule has 7 nitrogen and oxygen atoms in total. The van der Waals surface area contributed by atoms with E-state index in [-0.39, 0.29) is 18.5 Å². The van der Waals surface area contributed by atoms with E-state index < -0.39 is 5.54 Å². The van der Waals surface area contributed by atoms with Crippen molar-refractivity contribution < 1.29 is 14.9 Å². The third-order valence-corrected chi connectivity index (χ3v) is 5.99. The van der Waals surface area contributed by atoms with Gasteiger partial charge in [-0.3, -0.25) is 0 Å². The van der Waals surface area contributed by atoms with Gasteiger partial charge < -0.3 is 24.4 Å². The number of likely N-dealkylation sites (N-methyl/N-ethyl adjacent to an activating group) is 1. The first kappa shape index (κ1) is 21.9. The topological polar surface area (TPSA) is 83.6 Å². The summed E-state index contributed by atoms with van der Waals surface area (Å²) in [6, 6.07) is 9.93.